The van der Waals surface area contributed by atoms with Gasteiger partial charge < -0.3 is 13.3 Å². The van der Waals surface area contributed by atoms with Crippen molar-refractivity contribution in [1.29, 1.82) is 0 Å². The molecule has 0 saturated carbocycles. The van der Waals surface area contributed by atoms with Gasteiger partial charge in [-0.2, -0.15) is 0 Å². The molecule has 0 amide bonds. The second-order valence-corrected chi connectivity index (χ2v) is 28.8. The number of para-hydroxylation sites is 1. The summed E-state index contributed by atoms with van der Waals surface area (Å²) in [5.41, 5.74) is 25.6. The number of hydrogen-bond donors (Lipinski definition) is 0. The monoisotopic (exact) mass is 1340 g/mol. The van der Waals surface area contributed by atoms with E-state index in [1.807, 2.05) is 97.1 Å². The fraction of sp³-hybridized carbons (Fsp3) is 0.116. The van der Waals surface area contributed by atoms with E-state index in [2.05, 4.69) is 236 Å². The highest BCUT2D eigenvalue weighted by Crippen LogP contribution is 2.61. The maximum atomic E-state index is 6.67. The number of nitrogens with zero attached hydrogens (tertiary/aromatic N) is 6. The van der Waals surface area contributed by atoms with Crippen molar-refractivity contribution in [2.75, 3.05) is 0 Å². The van der Waals surface area contributed by atoms with Crippen molar-refractivity contribution in [2.24, 2.45) is 5.41 Å². The molecule has 13 aromatic carbocycles. The van der Waals surface area contributed by atoms with Crippen molar-refractivity contribution in [3.05, 3.63) is 313 Å². The third-order valence-corrected chi connectivity index (χ3v) is 22.4. The lowest BCUT2D eigenvalue weighted by Gasteiger charge is -2.41. The molecular weight excluding hydrogens is 1270 g/mol. The van der Waals surface area contributed by atoms with Gasteiger partial charge in [0.15, 0.2) is 34.9 Å². The van der Waals surface area contributed by atoms with Crippen LogP contribution in [0, 0.1) is 5.41 Å². The summed E-state index contributed by atoms with van der Waals surface area (Å²) in [6, 6.07) is 101. The van der Waals surface area contributed by atoms with Crippen molar-refractivity contribution in [2.45, 2.75) is 65.2 Å². The predicted octanol–water partition coefficient (Wildman–Crippen LogP) is 25.2. The van der Waals surface area contributed by atoms with Crippen molar-refractivity contribution in [3.63, 3.8) is 0 Å². The first kappa shape index (κ1) is 62.3. The molecule has 0 bridgehead atoms. The predicted molar refractivity (Wildman–Crippen MR) is 423 cm³/mol. The molecule has 0 radical (unpaired) electrons. The molecule has 5 aromatic heterocycles. The van der Waals surface area contributed by atoms with Crippen LogP contribution in [0.15, 0.2) is 304 Å². The molecular formula is C95H70N6O3. The van der Waals surface area contributed by atoms with E-state index in [4.69, 9.17) is 43.2 Å². The molecule has 5 heterocycles. The minimum atomic E-state index is -0.199. The van der Waals surface area contributed by atoms with Gasteiger partial charge in [-0.3, -0.25) is 0 Å². The van der Waals surface area contributed by atoms with Crippen LogP contribution >= 0.6 is 0 Å². The highest BCUT2D eigenvalue weighted by atomic mass is 16.3. The van der Waals surface area contributed by atoms with Crippen LogP contribution in [0.25, 0.3) is 179 Å². The molecule has 0 N–H and O–H groups in total. The SMILES string of the molecule is CC(C)(C)C1(C)c2ccccc2-c2ccc3oc4cc(-c5nc(-c6ccccc6)nc(-c6cccc(-c7ccccc7)c6)n5)ccc4c3c21.CCC1(CC)c2ccccc2-c2ccc3oc4ccc(-c5cccc(-c6nc(-c7ccccc7)nc(-c7cccc8oc9ccccc9c78)n6)c5)cc4c3c21. The Morgan fingerprint density at radius 1 is 0.269 bits per heavy atom. The molecule has 0 saturated heterocycles. The van der Waals surface area contributed by atoms with Crippen LogP contribution in [0.5, 0.6) is 0 Å². The Hall–Kier alpha value is -12.7. The van der Waals surface area contributed by atoms with Crippen LogP contribution in [0.2, 0.25) is 0 Å². The van der Waals surface area contributed by atoms with E-state index in [0.29, 0.717) is 34.9 Å². The molecule has 0 aliphatic heterocycles. The van der Waals surface area contributed by atoms with Crippen LogP contribution in [0.4, 0.5) is 0 Å². The lowest BCUT2D eigenvalue weighted by molar-refractivity contribution is 0.256. The van der Waals surface area contributed by atoms with Gasteiger partial charge in [-0.25, -0.2) is 29.9 Å². The van der Waals surface area contributed by atoms with Gasteiger partial charge in [0, 0.05) is 76.5 Å². The van der Waals surface area contributed by atoms with E-state index in [1.54, 1.807) is 0 Å². The number of furan rings is 3. The Balaban J connectivity index is 0.000000144. The van der Waals surface area contributed by atoms with Gasteiger partial charge in [-0.15, -0.1) is 0 Å². The number of benzene rings is 13. The molecule has 18 aromatic rings. The minimum Gasteiger partial charge on any atom is -0.456 e. The van der Waals surface area contributed by atoms with Crippen LogP contribution in [0.1, 0.15) is 76.6 Å². The standard InChI is InChI=1S/C50H35N3O2.C45H35N3O/c1-3-50(4-2)39-21-10-8-18-34(39)35-25-27-43-45(46(35)50)38-29-32(24-26-41(38)55-43)31-16-12-17-33(28-31)48-51-47(30-14-6-5-7-15-30)52-49(53-48)37-20-13-23-42-44(37)36-19-9-11-22-40(36)54-42;1-44(2,3)45(4)36-21-12-11-20-33(36)34-24-25-37-39(40(34)45)35-23-22-32(27-38(35)49-37)43-47-41(29-16-9-6-10-17-29)46-42(48-43)31-19-13-18-30(26-31)28-14-7-5-8-15-28/h5-29H,3-4H2,1-2H3;5-27H,1-4H3. The first-order chi connectivity index (χ1) is 50.9. The zero-order valence-electron chi connectivity index (χ0n) is 58.5. The summed E-state index contributed by atoms with van der Waals surface area (Å²) >= 11 is 0. The third-order valence-electron chi connectivity index (χ3n) is 22.4. The lowest BCUT2D eigenvalue weighted by Crippen LogP contribution is -2.36. The van der Waals surface area contributed by atoms with Crippen LogP contribution < -0.4 is 0 Å². The Bertz CT molecular complexity index is 6460. The van der Waals surface area contributed by atoms with Crippen molar-refractivity contribution in [1.82, 2.24) is 29.9 Å². The fourth-order valence-electron chi connectivity index (χ4n) is 16.8. The Labute approximate surface area is 602 Å². The Morgan fingerprint density at radius 2 is 0.663 bits per heavy atom. The van der Waals surface area contributed by atoms with E-state index < -0.39 is 0 Å². The number of fused-ring (bicyclic) bond motifs is 17. The van der Waals surface area contributed by atoms with E-state index in [9.17, 15) is 0 Å². The summed E-state index contributed by atoms with van der Waals surface area (Å²) in [5, 5.41) is 6.68. The van der Waals surface area contributed by atoms with Gasteiger partial charge in [0.25, 0.3) is 0 Å². The molecule has 9 nitrogen and oxygen atoms in total. The van der Waals surface area contributed by atoms with Gasteiger partial charge >= 0.3 is 0 Å². The smallest absolute Gasteiger partial charge is 0.164 e. The molecule has 0 spiro atoms. The molecule has 9 heteroatoms. The topological polar surface area (TPSA) is 117 Å². The molecule has 104 heavy (non-hydrogen) atoms. The molecule has 2 aliphatic rings. The summed E-state index contributed by atoms with van der Waals surface area (Å²) in [7, 11) is 0. The van der Waals surface area contributed by atoms with Crippen LogP contribution in [-0.2, 0) is 10.8 Å². The second-order valence-electron chi connectivity index (χ2n) is 28.8. The summed E-state index contributed by atoms with van der Waals surface area (Å²) in [6.07, 6.45) is 2.04. The van der Waals surface area contributed by atoms with Crippen LogP contribution in [0.3, 0.4) is 0 Å². The van der Waals surface area contributed by atoms with E-state index >= 15 is 0 Å². The number of hydrogen-bond acceptors (Lipinski definition) is 9. The van der Waals surface area contributed by atoms with Gasteiger partial charge in [0.2, 0.25) is 0 Å². The summed E-state index contributed by atoms with van der Waals surface area (Å²) in [6.45, 7) is 14.1. The van der Waals surface area contributed by atoms with Crippen molar-refractivity contribution < 1.29 is 13.3 Å². The molecule has 1 unspecified atom stereocenters. The molecule has 1 atom stereocenters. The average Bonchev–Trinajstić information content (AvgIpc) is 1.53. The van der Waals surface area contributed by atoms with E-state index in [-0.39, 0.29) is 16.2 Å². The van der Waals surface area contributed by atoms with Crippen molar-refractivity contribution in [3.8, 4) is 113 Å². The summed E-state index contributed by atoms with van der Waals surface area (Å²) < 4.78 is 19.5. The highest BCUT2D eigenvalue weighted by Gasteiger charge is 2.49. The van der Waals surface area contributed by atoms with E-state index in [1.165, 1.54) is 55.3 Å². The average molecular weight is 1340 g/mol. The van der Waals surface area contributed by atoms with Crippen LogP contribution in [-0.4, -0.2) is 29.9 Å². The molecule has 498 valence electrons. The largest absolute Gasteiger partial charge is 0.456 e. The van der Waals surface area contributed by atoms with Crippen molar-refractivity contribution >= 4 is 65.8 Å². The molecule has 2 aliphatic carbocycles. The van der Waals surface area contributed by atoms with E-state index in [0.717, 1.165) is 124 Å². The second kappa shape index (κ2) is 24.2. The minimum absolute atomic E-state index is 0.0287. The maximum Gasteiger partial charge on any atom is 0.164 e. The van der Waals surface area contributed by atoms with Gasteiger partial charge in [-0.05, 0) is 146 Å². The molecule has 0 fully saturated rings. The first-order valence-electron chi connectivity index (χ1n) is 35.9. The van der Waals surface area contributed by atoms with Gasteiger partial charge in [0.1, 0.15) is 33.5 Å². The van der Waals surface area contributed by atoms with Gasteiger partial charge in [0.05, 0.1) is 0 Å². The lowest BCUT2D eigenvalue weighted by atomic mass is 9.62. The molecule has 20 rings (SSSR count). The first-order valence-corrected chi connectivity index (χ1v) is 35.9. The number of rotatable bonds is 10. The zero-order valence-corrected chi connectivity index (χ0v) is 58.5. The fourth-order valence-corrected chi connectivity index (χ4v) is 16.8. The summed E-state index contributed by atoms with van der Waals surface area (Å²) in [5.74, 6) is 3.69. The Morgan fingerprint density at radius 3 is 1.28 bits per heavy atom. The highest BCUT2D eigenvalue weighted by molar-refractivity contribution is 6.14. The summed E-state index contributed by atoms with van der Waals surface area (Å²) in [4.78, 5) is 30.4. The maximum absolute atomic E-state index is 6.67. The normalized spacial score (nSPS) is 14.2. The van der Waals surface area contributed by atoms with Gasteiger partial charge in [-0.1, -0.05) is 272 Å². The number of aromatic nitrogens is 6. The Kier molecular flexibility index (Phi) is 14.5. The third kappa shape index (κ3) is 9.89. The zero-order chi connectivity index (χ0) is 70.0. The quantitative estimate of drug-likeness (QED) is 0.132.